The highest BCUT2D eigenvalue weighted by Crippen LogP contribution is 2.41. The van der Waals surface area contributed by atoms with E-state index in [0.717, 1.165) is 0 Å². The lowest BCUT2D eigenvalue weighted by Gasteiger charge is -2.09. The zero-order chi connectivity index (χ0) is 5.91. The van der Waals surface area contributed by atoms with E-state index in [1.165, 1.54) is 0 Å². The molecule has 44 valence electrons. The minimum absolute atomic E-state index is 1.56. The SMILES string of the molecule is COP(C)(=S)OC. The van der Waals surface area contributed by atoms with Gasteiger partial charge < -0.3 is 9.05 Å². The summed E-state index contributed by atoms with van der Waals surface area (Å²) in [6, 6.07) is 0. The van der Waals surface area contributed by atoms with Crippen LogP contribution in [0.3, 0.4) is 0 Å². The molecule has 7 heavy (non-hydrogen) atoms. The molecule has 0 heterocycles. The van der Waals surface area contributed by atoms with Crippen LogP contribution in [0.15, 0.2) is 0 Å². The fourth-order valence-electron chi connectivity index (χ4n) is 0.0745. The van der Waals surface area contributed by atoms with Gasteiger partial charge in [-0.25, -0.2) is 0 Å². The van der Waals surface area contributed by atoms with Crippen molar-refractivity contribution in [1.82, 2.24) is 0 Å². The maximum absolute atomic E-state index is 4.81. The maximum Gasteiger partial charge on any atom is 0.185 e. The molecule has 0 aromatic heterocycles. The first-order valence-electron chi connectivity index (χ1n) is 1.81. The molecule has 0 radical (unpaired) electrons. The second kappa shape index (κ2) is 2.78. The Balaban J connectivity index is 3.61. The second-order valence-electron chi connectivity index (χ2n) is 1.14. The summed E-state index contributed by atoms with van der Waals surface area (Å²) < 4.78 is 9.58. The van der Waals surface area contributed by atoms with E-state index in [9.17, 15) is 0 Å². The summed E-state index contributed by atoms with van der Waals surface area (Å²) in [4.78, 5) is 0. The van der Waals surface area contributed by atoms with Crippen LogP contribution in [-0.2, 0) is 20.9 Å². The van der Waals surface area contributed by atoms with Crippen LogP contribution < -0.4 is 0 Å². The third kappa shape index (κ3) is 3.18. The van der Waals surface area contributed by atoms with Crippen LogP contribution in [0.4, 0.5) is 0 Å². The van der Waals surface area contributed by atoms with Gasteiger partial charge in [-0.05, 0) is 11.8 Å². The Labute approximate surface area is 49.0 Å². The van der Waals surface area contributed by atoms with Gasteiger partial charge in [0.2, 0.25) is 0 Å². The molecule has 0 saturated carbocycles. The minimum Gasteiger partial charge on any atom is -0.333 e. The van der Waals surface area contributed by atoms with E-state index in [2.05, 4.69) is 0 Å². The molecule has 0 unspecified atom stereocenters. The van der Waals surface area contributed by atoms with Crippen LogP contribution >= 0.6 is 6.49 Å². The highest BCUT2D eigenvalue weighted by atomic mass is 32.5. The number of hydrogen-bond donors (Lipinski definition) is 0. The molecular weight excluding hydrogens is 131 g/mol. The summed E-state index contributed by atoms with van der Waals surface area (Å²) in [5.41, 5.74) is 0. The van der Waals surface area contributed by atoms with E-state index in [0.29, 0.717) is 0 Å². The van der Waals surface area contributed by atoms with Crippen LogP contribution in [0.5, 0.6) is 0 Å². The molecule has 0 saturated heterocycles. The van der Waals surface area contributed by atoms with E-state index < -0.39 is 6.49 Å². The van der Waals surface area contributed by atoms with Crippen LogP contribution in [0, 0.1) is 0 Å². The van der Waals surface area contributed by atoms with Crippen LogP contribution in [-0.4, -0.2) is 20.9 Å². The van der Waals surface area contributed by atoms with Crippen LogP contribution in [0.2, 0.25) is 0 Å². The molecule has 0 aliphatic heterocycles. The van der Waals surface area contributed by atoms with E-state index in [1.807, 2.05) is 0 Å². The van der Waals surface area contributed by atoms with Gasteiger partial charge in [0.05, 0.1) is 0 Å². The van der Waals surface area contributed by atoms with Crippen LogP contribution in [0.25, 0.3) is 0 Å². The molecular formula is C3H9O2PS. The fourth-order valence-corrected chi connectivity index (χ4v) is 0.224. The van der Waals surface area contributed by atoms with Gasteiger partial charge in [0.25, 0.3) is 0 Å². The van der Waals surface area contributed by atoms with Crippen molar-refractivity contribution in [3.63, 3.8) is 0 Å². The van der Waals surface area contributed by atoms with Crippen molar-refractivity contribution >= 4 is 18.3 Å². The van der Waals surface area contributed by atoms with Gasteiger partial charge >= 0.3 is 0 Å². The number of rotatable bonds is 2. The van der Waals surface area contributed by atoms with Gasteiger partial charge in [-0.15, -0.1) is 0 Å². The first-order valence-corrected chi connectivity index (χ1v) is 4.90. The first kappa shape index (κ1) is 7.57. The molecule has 0 fully saturated rings. The predicted octanol–water partition coefficient (Wildman–Crippen LogP) is 1.22. The van der Waals surface area contributed by atoms with Crippen LogP contribution in [0.1, 0.15) is 0 Å². The average molecular weight is 140 g/mol. The third-order valence-corrected chi connectivity index (χ3v) is 2.88. The molecule has 0 N–H and O–H groups in total. The van der Waals surface area contributed by atoms with E-state index in [1.54, 1.807) is 20.9 Å². The molecule has 0 bridgehead atoms. The van der Waals surface area contributed by atoms with Gasteiger partial charge in [-0.1, -0.05) is 0 Å². The lowest BCUT2D eigenvalue weighted by Crippen LogP contribution is -1.81. The summed E-state index contributed by atoms with van der Waals surface area (Å²) >= 11 is 4.81. The topological polar surface area (TPSA) is 18.5 Å². The van der Waals surface area contributed by atoms with Gasteiger partial charge in [-0.3, -0.25) is 0 Å². The monoisotopic (exact) mass is 140 g/mol. The largest absolute Gasteiger partial charge is 0.333 e. The highest BCUT2D eigenvalue weighted by Gasteiger charge is 2.02. The Morgan fingerprint density at radius 3 is 1.57 bits per heavy atom. The van der Waals surface area contributed by atoms with Crippen molar-refractivity contribution in [3.8, 4) is 0 Å². The van der Waals surface area contributed by atoms with Gasteiger partial charge in [0, 0.05) is 20.9 Å². The van der Waals surface area contributed by atoms with Gasteiger partial charge in [-0.2, -0.15) is 0 Å². The molecule has 0 aliphatic rings. The third-order valence-electron chi connectivity index (χ3n) is 0.663. The Bertz CT molecular complexity index is 84.9. The first-order chi connectivity index (χ1) is 3.12. The summed E-state index contributed by atoms with van der Waals surface area (Å²) in [6.07, 6.45) is 0. The Morgan fingerprint density at radius 1 is 1.29 bits per heavy atom. The molecule has 0 aromatic carbocycles. The smallest absolute Gasteiger partial charge is 0.185 e. The van der Waals surface area contributed by atoms with Gasteiger partial charge in [0.15, 0.2) is 6.49 Å². The van der Waals surface area contributed by atoms with E-state index in [-0.39, 0.29) is 0 Å². The molecule has 0 spiro atoms. The zero-order valence-corrected chi connectivity index (χ0v) is 6.38. The molecule has 0 aromatic rings. The normalized spacial score (nSPS) is 11.9. The standard InChI is InChI=1S/C3H9O2PS/c1-4-6(3,7)5-2/h1-3H3. The summed E-state index contributed by atoms with van der Waals surface area (Å²) in [5.74, 6) is 0. The zero-order valence-electron chi connectivity index (χ0n) is 4.67. The molecule has 0 amide bonds. The minimum atomic E-state index is -1.82. The lowest BCUT2D eigenvalue weighted by atomic mass is 11.8. The summed E-state index contributed by atoms with van der Waals surface area (Å²) in [7, 11) is 3.12. The van der Waals surface area contributed by atoms with Crippen molar-refractivity contribution in [1.29, 1.82) is 0 Å². The lowest BCUT2D eigenvalue weighted by molar-refractivity contribution is 0.343. The number of hydrogen-bond acceptors (Lipinski definition) is 3. The van der Waals surface area contributed by atoms with Crippen molar-refractivity contribution in [3.05, 3.63) is 0 Å². The molecule has 4 heteroatoms. The Morgan fingerprint density at radius 2 is 1.57 bits per heavy atom. The van der Waals surface area contributed by atoms with Crippen molar-refractivity contribution in [2.75, 3.05) is 20.9 Å². The maximum atomic E-state index is 4.81. The van der Waals surface area contributed by atoms with E-state index in [4.69, 9.17) is 20.9 Å². The Hall–Kier alpha value is 0.570. The second-order valence-corrected chi connectivity index (χ2v) is 5.40. The van der Waals surface area contributed by atoms with Crippen molar-refractivity contribution < 1.29 is 9.05 Å². The molecule has 2 nitrogen and oxygen atoms in total. The van der Waals surface area contributed by atoms with Gasteiger partial charge in [0.1, 0.15) is 0 Å². The summed E-state index contributed by atoms with van der Waals surface area (Å²) in [6.45, 7) is -0.0409. The molecule has 0 atom stereocenters. The fraction of sp³-hybridized carbons (Fsp3) is 1.00. The average Bonchev–Trinajstić information content (AvgIpc) is 1.68. The van der Waals surface area contributed by atoms with Crippen molar-refractivity contribution in [2.24, 2.45) is 0 Å². The summed E-state index contributed by atoms with van der Waals surface area (Å²) in [5, 5.41) is 0. The highest BCUT2D eigenvalue weighted by molar-refractivity contribution is 8.09. The predicted molar refractivity (Wildman–Crippen MR) is 34.2 cm³/mol. The quantitative estimate of drug-likeness (QED) is 0.537. The van der Waals surface area contributed by atoms with Crippen molar-refractivity contribution in [2.45, 2.75) is 0 Å². The molecule has 0 rings (SSSR count). The Kier molecular flexibility index (Phi) is 3.00. The molecule has 0 aliphatic carbocycles. The van der Waals surface area contributed by atoms with E-state index >= 15 is 0 Å².